The Bertz CT molecular complexity index is 1080. The van der Waals surface area contributed by atoms with Gasteiger partial charge in [-0.25, -0.2) is 13.8 Å². The second-order valence-electron chi connectivity index (χ2n) is 6.45. The van der Waals surface area contributed by atoms with Crippen LogP contribution in [-0.4, -0.2) is 28.6 Å². The van der Waals surface area contributed by atoms with Gasteiger partial charge in [0.05, 0.1) is 13.3 Å². The van der Waals surface area contributed by atoms with Crippen LogP contribution in [0, 0.1) is 18.6 Å². The molecular weight excluding hydrogens is 378 g/mol. The van der Waals surface area contributed by atoms with Gasteiger partial charge in [-0.15, -0.1) is 0 Å². The molecule has 0 aliphatic rings. The summed E-state index contributed by atoms with van der Waals surface area (Å²) >= 11 is 0. The smallest absolute Gasteiger partial charge is 0.181 e. The summed E-state index contributed by atoms with van der Waals surface area (Å²) in [6.45, 7) is 1.63. The average molecular weight is 396 g/mol. The van der Waals surface area contributed by atoms with E-state index in [4.69, 9.17) is 4.74 Å². The minimum atomic E-state index is -0.613. The number of hydrogen-bond donors (Lipinski definition) is 0. The molecule has 3 rings (SSSR count). The van der Waals surface area contributed by atoms with Gasteiger partial charge in [0.25, 0.3) is 0 Å². The lowest BCUT2D eigenvalue weighted by Crippen LogP contribution is -2.08. The van der Waals surface area contributed by atoms with Gasteiger partial charge in [0, 0.05) is 30.2 Å². The summed E-state index contributed by atoms with van der Waals surface area (Å²) < 4.78 is 32.1. The molecule has 0 fully saturated rings. The van der Waals surface area contributed by atoms with Crippen molar-refractivity contribution < 1.29 is 23.1 Å². The Kier molecular flexibility index (Phi) is 6.07. The molecule has 3 aromatic rings. The lowest BCUT2D eigenvalue weighted by atomic mass is 10.0. The quantitative estimate of drug-likeness (QED) is 0.547. The van der Waals surface area contributed by atoms with E-state index in [2.05, 4.69) is 9.97 Å². The first kappa shape index (κ1) is 20.3. The Morgan fingerprint density at radius 1 is 1.00 bits per heavy atom. The largest absolute Gasteiger partial charge is 0.494 e. The molecule has 0 spiro atoms. The number of Topliss-reactive ketones (excluding diaryl/α,β-unsaturated/α-hetero) is 2. The zero-order valence-electron chi connectivity index (χ0n) is 15.9. The van der Waals surface area contributed by atoms with Gasteiger partial charge in [0.15, 0.2) is 11.6 Å². The van der Waals surface area contributed by atoms with E-state index in [9.17, 15) is 18.4 Å². The molecule has 0 aliphatic heterocycles. The topological polar surface area (TPSA) is 69.2 Å². The fourth-order valence-electron chi connectivity index (χ4n) is 2.83. The SMILES string of the molecule is COc1ccc(C(=O)CCC(=O)c2cncc(F)c2)nc1-c1ccc(F)c(C)c1. The zero-order valence-corrected chi connectivity index (χ0v) is 15.9. The van der Waals surface area contributed by atoms with Crippen molar-refractivity contribution in [3.8, 4) is 17.0 Å². The van der Waals surface area contributed by atoms with Crippen molar-refractivity contribution in [3.63, 3.8) is 0 Å². The number of hydrogen-bond acceptors (Lipinski definition) is 5. The highest BCUT2D eigenvalue weighted by Crippen LogP contribution is 2.29. The third kappa shape index (κ3) is 4.68. The molecule has 0 amide bonds. The highest BCUT2D eigenvalue weighted by Gasteiger charge is 2.16. The van der Waals surface area contributed by atoms with Crippen molar-refractivity contribution in [1.82, 2.24) is 9.97 Å². The van der Waals surface area contributed by atoms with Crippen molar-refractivity contribution in [2.45, 2.75) is 19.8 Å². The highest BCUT2D eigenvalue weighted by atomic mass is 19.1. The molecule has 7 heteroatoms. The molecule has 0 aliphatic carbocycles. The lowest BCUT2D eigenvalue weighted by molar-refractivity contribution is 0.0914. The van der Waals surface area contributed by atoms with Crippen molar-refractivity contribution in [1.29, 1.82) is 0 Å². The molecule has 1 aromatic carbocycles. The number of aromatic nitrogens is 2. The van der Waals surface area contributed by atoms with Gasteiger partial charge in [-0.05, 0) is 48.9 Å². The maximum absolute atomic E-state index is 13.6. The third-order valence-corrected chi connectivity index (χ3v) is 4.40. The standard InChI is InChI=1S/C22H18F2N2O3/c1-13-9-14(3-4-17(13)24)22-21(29-2)8-5-18(26-22)20(28)7-6-19(27)15-10-16(23)12-25-11-15/h3-5,8-12H,6-7H2,1-2H3. The highest BCUT2D eigenvalue weighted by molar-refractivity contribution is 6.01. The molecule has 29 heavy (non-hydrogen) atoms. The summed E-state index contributed by atoms with van der Waals surface area (Å²) in [5.41, 5.74) is 1.73. The van der Waals surface area contributed by atoms with Crippen LogP contribution in [0.2, 0.25) is 0 Å². The number of benzene rings is 1. The number of rotatable bonds is 7. The number of ketones is 2. The summed E-state index contributed by atoms with van der Waals surface area (Å²) in [5, 5.41) is 0. The molecule has 0 bridgehead atoms. The van der Waals surface area contributed by atoms with Crippen LogP contribution >= 0.6 is 0 Å². The first-order valence-corrected chi connectivity index (χ1v) is 8.87. The summed E-state index contributed by atoms with van der Waals surface area (Å²) in [6, 6.07) is 8.70. The van der Waals surface area contributed by atoms with E-state index in [-0.39, 0.29) is 41.5 Å². The molecule has 0 unspecified atom stereocenters. The van der Waals surface area contributed by atoms with Crippen molar-refractivity contribution >= 4 is 11.6 Å². The van der Waals surface area contributed by atoms with Gasteiger partial charge >= 0.3 is 0 Å². The van der Waals surface area contributed by atoms with Crippen molar-refractivity contribution in [2.24, 2.45) is 0 Å². The molecular formula is C22H18F2N2O3. The van der Waals surface area contributed by atoms with Crippen LogP contribution in [0.15, 0.2) is 48.8 Å². The second-order valence-corrected chi connectivity index (χ2v) is 6.45. The first-order chi connectivity index (χ1) is 13.9. The van der Waals surface area contributed by atoms with E-state index >= 15 is 0 Å². The molecule has 2 heterocycles. The average Bonchev–Trinajstić information content (AvgIpc) is 2.73. The second kappa shape index (κ2) is 8.68. The van der Waals surface area contributed by atoms with E-state index < -0.39 is 5.82 Å². The first-order valence-electron chi connectivity index (χ1n) is 8.87. The van der Waals surface area contributed by atoms with Gasteiger partial charge in [-0.1, -0.05) is 0 Å². The summed E-state index contributed by atoms with van der Waals surface area (Å²) in [4.78, 5) is 32.7. The van der Waals surface area contributed by atoms with E-state index in [1.807, 2.05) is 0 Å². The zero-order chi connectivity index (χ0) is 21.0. The molecule has 2 aromatic heterocycles. The summed E-state index contributed by atoms with van der Waals surface area (Å²) in [6.07, 6.45) is 2.08. The van der Waals surface area contributed by atoms with Crippen LogP contribution in [0.1, 0.15) is 39.3 Å². The predicted molar refractivity (Wildman–Crippen MR) is 103 cm³/mol. The van der Waals surface area contributed by atoms with Gasteiger partial charge < -0.3 is 4.74 Å². The number of carbonyl (C=O) groups excluding carboxylic acids is 2. The summed E-state index contributed by atoms with van der Waals surface area (Å²) in [7, 11) is 1.48. The lowest BCUT2D eigenvalue weighted by Gasteiger charge is -2.10. The fourth-order valence-corrected chi connectivity index (χ4v) is 2.83. The molecule has 0 atom stereocenters. The maximum Gasteiger partial charge on any atom is 0.181 e. The minimum absolute atomic E-state index is 0.0867. The minimum Gasteiger partial charge on any atom is -0.494 e. The predicted octanol–water partition coefficient (Wildman–Crippen LogP) is 4.58. The Morgan fingerprint density at radius 2 is 1.76 bits per heavy atom. The fraction of sp³-hybridized carbons (Fsp3) is 0.182. The van der Waals surface area contributed by atoms with E-state index in [0.29, 0.717) is 22.6 Å². The number of pyridine rings is 2. The van der Waals surface area contributed by atoms with Gasteiger partial charge in [0.1, 0.15) is 28.8 Å². The van der Waals surface area contributed by atoms with Crippen LogP contribution in [0.25, 0.3) is 11.3 Å². The number of halogens is 2. The van der Waals surface area contributed by atoms with Crippen LogP contribution in [-0.2, 0) is 0 Å². The Labute approximate surface area is 166 Å². The monoisotopic (exact) mass is 396 g/mol. The molecule has 148 valence electrons. The Hall–Kier alpha value is -3.48. The third-order valence-electron chi connectivity index (χ3n) is 4.40. The number of carbonyl (C=O) groups is 2. The van der Waals surface area contributed by atoms with Crippen LogP contribution in [0.3, 0.4) is 0 Å². The van der Waals surface area contributed by atoms with Gasteiger partial charge in [0.2, 0.25) is 0 Å². The molecule has 0 saturated heterocycles. The van der Waals surface area contributed by atoms with Crippen LogP contribution in [0.4, 0.5) is 8.78 Å². The van der Waals surface area contributed by atoms with Gasteiger partial charge in [-0.2, -0.15) is 0 Å². The number of ether oxygens (including phenoxy) is 1. The number of aryl methyl sites for hydroxylation is 1. The number of methoxy groups -OCH3 is 1. The maximum atomic E-state index is 13.6. The number of nitrogens with zero attached hydrogens (tertiary/aromatic N) is 2. The Balaban J connectivity index is 1.80. The molecule has 5 nitrogen and oxygen atoms in total. The van der Waals surface area contributed by atoms with E-state index in [1.54, 1.807) is 25.1 Å². The molecule has 0 saturated carbocycles. The summed E-state index contributed by atoms with van der Waals surface area (Å²) in [5.74, 6) is -1.24. The van der Waals surface area contributed by atoms with Crippen molar-refractivity contribution in [2.75, 3.05) is 7.11 Å². The van der Waals surface area contributed by atoms with E-state index in [0.717, 1.165) is 12.3 Å². The van der Waals surface area contributed by atoms with Crippen LogP contribution < -0.4 is 4.74 Å². The normalized spacial score (nSPS) is 10.6. The van der Waals surface area contributed by atoms with E-state index in [1.165, 1.54) is 25.4 Å². The van der Waals surface area contributed by atoms with Crippen molar-refractivity contribution in [3.05, 3.63) is 77.2 Å². The molecule has 0 N–H and O–H groups in total. The van der Waals surface area contributed by atoms with Crippen LogP contribution in [0.5, 0.6) is 5.75 Å². The molecule has 0 radical (unpaired) electrons. The Morgan fingerprint density at radius 3 is 2.45 bits per heavy atom. The van der Waals surface area contributed by atoms with Gasteiger partial charge in [-0.3, -0.25) is 14.6 Å².